The Labute approximate surface area is 122 Å². The van der Waals surface area contributed by atoms with Gasteiger partial charge in [-0.2, -0.15) is 4.39 Å². The van der Waals surface area contributed by atoms with Gasteiger partial charge in [0.05, 0.1) is 6.20 Å². The Kier molecular flexibility index (Phi) is 4.80. The van der Waals surface area contributed by atoms with Crippen LogP contribution < -0.4 is 10.1 Å². The molecule has 1 aromatic carbocycles. The quantitative estimate of drug-likeness (QED) is 0.918. The van der Waals surface area contributed by atoms with Crippen LogP contribution in [-0.2, 0) is 6.54 Å². The predicted octanol–water partition coefficient (Wildman–Crippen LogP) is 3.39. The summed E-state index contributed by atoms with van der Waals surface area (Å²) >= 11 is 0. The first-order valence-corrected chi connectivity index (χ1v) is 6.65. The molecule has 0 unspecified atom stereocenters. The van der Waals surface area contributed by atoms with Gasteiger partial charge in [-0.3, -0.25) is 0 Å². The molecule has 0 amide bonds. The number of aromatic nitrogens is 2. The van der Waals surface area contributed by atoms with Gasteiger partial charge in [-0.05, 0) is 19.2 Å². The maximum absolute atomic E-state index is 13.7. The van der Waals surface area contributed by atoms with Crippen molar-refractivity contribution in [3.05, 3.63) is 47.5 Å². The molecule has 1 N–H and O–H groups in total. The first kappa shape index (κ1) is 15.3. The minimum atomic E-state index is -1.03. The Balaban J connectivity index is 2.36. The largest absolute Gasteiger partial charge is 0.451 e. The van der Waals surface area contributed by atoms with Gasteiger partial charge in [0, 0.05) is 12.5 Å². The molecule has 2 aromatic rings. The van der Waals surface area contributed by atoms with Gasteiger partial charge >= 0.3 is 0 Å². The molecule has 0 aliphatic rings. The van der Waals surface area contributed by atoms with E-state index in [4.69, 9.17) is 4.74 Å². The molecular formula is C15H17F2N3O. The van der Waals surface area contributed by atoms with Gasteiger partial charge in [-0.1, -0.05) is 19.9 Å². The van der Waals surface area contributed by atoms with E-state index in [1.54, 1.807) is 7.05 Å². The Morgan fingerprint density at radius 2 is 2.00 bits per heavy atom. The Hall–Kier alpha value is -2.08. The lowest BCUT2D eigenvalue weighted by Crippen LogP contribution is -2.11. The second-order valence-electron chi connectivity index (χ2n) is 4.88. The minimum Gasteiger partial charge on any atom is -0.451 e. The predicted molar refractivity (Wildman–Crippen MR) is 75.3 cm³/mol. The molecule has 0 fully saturated rings. The third-order valence-electron chi connectivity index (χ3n) is 2.84. The van der Waals surface area contributed by atoms with E-state index in [0.717, 1.165) is 6.07 Å². The average molecular weight is 293 g/mol. The van der Waals surface area contributed by atoms with Crippen molar-refractivity contribution in [2.24, 2.45) is 0 Å². The van der Waals surface area contributed by atoms with Gasteiger partial charge in [0.2, 0.25) is 5.82 Å². The molecule has 0 saturated heterocycles. The van der Waals surface area contributed by atoms with Crippen LogP contribution in [0.25, 0.3) is 0 Å². The molecule has 0 saturated carbocycles. The van der Waals surface area contributed by atoms with Crippen molar-refractivity contribution in [1.82, 2.24) is 15.3 Å². The average Bonchev–Trinajstić information content (AvgIpc) is 2.45. The standard InChI is InChI=1S/C15H17F2N3O/c1-9(2)15-19-8-13(11(20-15)7-18-3)21-12-6-4-5-10(16)14(12)17/h4-6,8-9,18H,7H2,1-3H3. The number of hydrogen-bond donors (Lipinski definition) is 1. The molecule has 112 valence electrons. The van der Waals surface area contributed by atoms with Crippen LogP contribution in [-0.4, -0.2) is 17.0 Å². The van der Waals surface area contributed by atoms with Crippen molar-refractivity contribution >= 4 is 0 Å². The van der Waals surface area contributed by atoms with Crippen molar-refractivity contribution in [1.29, 1.82) is 0 Å². The molecule has 0 aliphatic carbocycles. The first-order valence-electron chi connectivity index (χ1n) is 6.65. The summed E-state index contributed by atoms with van der Waals surface area (Å²) in [4.78, 5) is 8.58. The number of halogens is 2. The molecule has 0 spiro atoms. The number of hydrogen-bond acceptors (Lipinski definition) is 4. The highest BCUT2D eigenvalue weighted by atomic mass is 19.2. The fourth-order valence-corrected chi connectivity index (χ4v) is 1.76. The molecule has 21 heavy (non-hydrogen) atoms. The van der Waals surface area contributed by atoms with Crippen LogP contribution in [0, 0.1) is 11.6 Å². The molecule has 2 rings (SSSR count). The number of nitrogens with one attached hydrogen (secondary N) is 1. The van der Waals surface area contributed by atoms with Crippen molar-refractivity contribution in [2.75, 3.05) is 7.05 Å². The Bertz CT molecular complexity index is 632. The molecular weight excluding hydrogens is 276 g/mol. The van der Waals surface area contributed by atoms with Gasteiger partial charge < -0.3 is 10.1 Å². The summed E-state index contributed by atoms with van der Waals surface area (Å²) in [5, 5.41) is 2.96. The highest BCUT2D eigenvalue weighted by Crippen LogP contribution is 2.28. The second-order valence-corrected chi connectivity index (χ2v) is 4.88. The fraction of sp³-hybridized carbons (Fsp3) is 0.333. The molecule has 1 heterocycles. The Morgan fingerprint density at radius 1 is 1.24 bits per heavy atom. The van der Waals surface area contributed by atoms with E-state index >= 15 is 0 Å². The SMILES string of the molecule is CNCc1nc(C(C)C)ncc1Oc1cccc(F)c1F. The summed E-state index contributed by atoms with van der Waals surface area (Å²) in [5.74, 6) is -1.03. The molecule has 0 atom stereocenters. The van der Waals surface area contributed by atoms with Gasteiger partial charge in [0.15, 0.2) is 17.3 Å². The van der Waals surface area contributed by atoms with E-state index in [1.165, 1.54) is 18.3 Å². The van der Waals surface area contributed by atoms with Gasteiger partial charge in [0.1, 0.15) is 11.5 Å². The molecule has 0 radical (unpaired) electrons. The van der Waals surface area contributed by atoms with Crippen LogP contribution in [0.15, 0.2) is 24.4 Å². The van der Waals surface area contributed by atoms with Crippen LogP contribution in [0.3, 0.4) is 0 Å². The number of ether oxygens (including phenoxy) is 1. The molecule has 1 aromatic heterocycles. The first-order chi connectivity index (χ1) is 10.0. The van der Waals surface area contributed by atoms with E-state index in [0.29, 0.717) is 23.8 Å². The number of benzene rings is 1. The zero-order valence-corrected chi connectivity index (χ0v) is 12.2. The number of nitrogens with zero attached hydrogens (tertiary/aromatic N) is 2. The van der Waals surface area contributed by atoms with Crippen LogP contribution in [0.4, 0.5) is 8.78 Å². The van der Waals surface area contributed by atoms with Gasteiger partial charge in [-0.15, -0.1) is 0 Å². The third-order valence-corrected chi connectivity index (χ3v) is 2.84. The van der Waals surface area contributed by atoms with Crippen LogP contribution in [0.1, 0.15) is 31.3 Å². The van der Waals surface area contributed by atoms with E-state index < -0.39 is 11.6 Å². The second kappa shape index (κ2) is 6.58. The summed E-state index contributed by atoms with van der Waals surface area (Å²) in [6.07, 6.45) is 1.49. The fourth-order valence-electron chi connectivity index (χ4n) is 1.76. The summed E-state index contributed by atoms with van der Waals surface area (Å²) in [5.41, 5.74) is 0.597. The molecule has 0 bridgehead atoms. The lowest BCUT2D eigenvalue weighted by Gasteiger charge is -2.13. The lowest BCUT2D eigenvalue weighted by atomic mass is 10.2. The smallest absolute Gasteiger partial charge is 0.201 e. The van der Waals surface area contributed by atoms with Crippen molar-refractivity contribution in [3.63, 3.8) is 0 Å². The highest BCUT2D eigenvalue weighted by Gasteiger charge is 2.14. The number of rotatable bonds is 5. The zero-order valence-electron chi connectivity index (χ0n) is 12.2. The van der Waals surface area contributed by atoms with Crippen LogP contribution in [0.5, 0.6) is 11.5 Å². The summed E-state index contributed by atoms with van der Waals surface area (Å²) in [7, 11) is 1.77. The van der Waals surface area contributed by atoms with E-state index in [9.17, 15) is 8.78 Å². The van der Waals surface area contributed by atoms with Gasteiger partial charge in [0.25, 0.3) is 0 Å². The zero-order chi connectivity index (χ0) is 15.4. The third kappa shape index (κ3) is 3.52. The van der Waals surface area contributed by atoms with E-state index in [-0.39, 0.29) is 11.7 Å². The summed E-state index contributed by atoms with van der Waals surface area (Å²) < 4.78 is 32.3. The van der Waals surface area contributed by atoms with Crippen LogP contribution in [0.2, 0.25) is 0 Å². The van der Waals surface area contributed by atoms with Gasteiger partial charge in [-0.25, -0.2) is 14.4 Å². The minimum absolute atomic E-state index is 0.167. The van der Waals surface area contributed by atoms with Crippen molar-refractivity contribution in [3.8, 4) is 11.5 Å². The molecule has 6 heteroatoms. The maximum atomic E-state index is 13.7. The summed E-state index contributed by atoms with van der Waals surface area (Å²) in [6, 6.07) is 3.78. The lowest BCUT2D eigenvalue weighted by molar-refractivity contribution is 0.408. The molecule has 0 aliphatic heterocycles. The van der Waals surface area contributed by atoms with Crippen LogP contribution >= 0.6 is 0 Å². The highest BCUT2D eigenvalue weighted by molar-refractivity contribution is 5.34. The molecule has 4 nitrogen and oxygen atoms in total. The topological polar surface area (TPSA) is 47.0 Å². The Morgan fingerprint density at radius 3 is 2.67 bits per heavy atom. The monoisotopic (exact) mass is 293 g/mol. The maximum Gasteiger partial charge on any atom is 0.201 e. The van der Waals surface area contributed by atoms with Crippen molar-refractivity contribution in [2.45, 2.75) is 26.3 Å². The normalized spacial score (nSPS) is 11.0. The van der Waals surface area contributed by atoms with Crippen molar-refractivity contribution < 1.29 is 13.5 Å². The summed E-state index contributed by atoms with van der Waals surface area (Å²) in [6.45, 7) is 4.39. The van der Waals surface area contributed by atoms with E-state index in [1.807, 2.05) is 13.8 Å². The van der Waals surface area contributed by atoms with E-state index in [2.05, 4.69) is 15.3 Å².